The lowest BCUT2D eigenvalue weighted by atomic mass is 10.1. The van der Waals surface area contributed by atoms with Crippen LogP contribution in [-0.2, 0) is 20.8 Å². The number of amides is 1. The fourth-order valence-corrected chi connectivity index (χ4v) is 4.05. The molecule has 1 heterocycles. The zero-order valence-corrected chi connectivity index (χ0v) is 16.3. The normalized spacial score (nSPS) is 17.0. The van der Waals surface area contributed by atoms with E-state index < -0.39 is 5.97 Å². The Morgan fingerprint density at radius 2 is 1.85 bits per heavy atom. The lowest BCUT2D eigenvalue weighted by molar-refractivity contribution is -0.137. The van der Waals surface area contributed by atoms with Gasteiger partial charge < -0.3 is 10.0 Å². The van der Waals surface area contributed by atoms with E-state index in [-0.39, 0.29) is 23.5 Å². The monoisotopic (exact) mass is 389 g/mol. The largest absolute Gasteiger partial charge is 0.481 e. The number of hydrogen-bond donors (Lipinski definition) is 1. The van der Waals surface area contributed by atoms with E-state index in [0.717, 1.165) is 31.2 Å². The third-order valence-electron chi connectivity index (χ3n) is 4.49. The summed E-state index contributed by atoms with van der Waals surface area (Å²) >= 11 is 1.55. The molecule has 146 valence electrons. The minimum atomic E-state index is -0.761. The van der Waals surface area contributed by atoms with Gasteiger partial charge in [0.25, 0.3) is 0 Å². The van der Waals surface area contributed by atoms with Crippen LogP contribution in [0.2, 0.25) is 0 Å². The zero-order chi connectivity index (χ0) is 19.5. The highest BCUT2D eigenvalue weighted by Crippen LogP contribution is 2.26. The Balaban J connectivity index is 1.71. The minimum Gasteiger partial charge on any atom is -0.481 e. The number of carboxylic acids is 1. The first-order chi connectivity index (χ1) is 13.1. The van der Waals surface area contributed by atoms with Gasteiger partial charge in [0.1, 0.15) is 0 Å². The van der Waals surface area contributed by atoms with Gasteiger partial charge in [0.15, 0.2) is 5.78 Å². The Kier molecular flexibility index (Phi) is 9.11. The van der Waals surface area contributed by atoms with Crippen LogP contribution in [0.4, 0.5) is 0 Å². The second-order valence-electron chi connectivity index (χ2n) is 6.66. The second kappa shape index (κ2) is 11.6. The molecule has 0 spiro atoms. The SMILES string of the molecule is O=C(O)CCCCCCN1C(=O)CSC1/C=C/C(=O)CCc1ccccc1. The Hall–Kier alpha value is -2.08. The van der Waals surface area contributed by atoms with Crippen molar-refractivity contribution >= 4 is 29.4 Å². The van der Waals surface area contributed by atoms with Crippen LogP contribution in [0.25, 0.3) is 0 Å². The van der Waals surface area contributed by atoms with E-state index >= 15 is 0 Å². The number of ketones is 1. The van der Waals surface area contributed by atoms with Crippen LogP contribution in [0.3, 0.4) is 0 Å². The van der Waals surface area contributed by atoms with Crippen molar-refractivity contribution in [3.8, 4) is 0 Å². The third-order valence-corrected chi connectivity index (χ3v) is 5.66. The molecule has 0 aromatic heterocycles. The highest BCUT2D eigenvalue weighted by molar-refractivity contribution is 8.01. The molecule has 1 fully saturated rings. The summed E-state index contributed by atoms with van der Waals surface area (Å²) in [7, 11) is 0. The zero-order valence-electron chi connectivity index (χ0n) is 15.5. The summed E-state index contributed by atoms with van der Waals surface area (Å²) in [6, 6.07) is 9.92. The van der Waals surface area contributed by atoms with Crippen molar-refractivity contribution in [3.63, 3.8) is 0 Å². The summed E-state index contributed by atoms with van der Waals surface area (Å²) in [4.78, 5) is 36.5. The predicted octanol–water partition coefficient (Wildman–Crippen LogP) is 3.68. The van der Waals surface area contributed by atoms with Gasteiger partial charge in [-0.15, -0.1) is 11.8 Å². The Morgan fingerprint density at radius 1 is 1.11 bits per heavy atom. The van der Waals surface area contributed by atoms with Crippen LogP contribution < -0.4 is 0 Å². The van der Waals surface area contributed by atoms with Gasteiger partial charge in [-0.2, -0.15) is 0 Å². The third kappa shape index (κ3) is 7.99. The van der Waals surface area contributed by atoms with Crippen molar-refractivity contribution in [1.82, 2.24) is 4.90 Å². The quantitative estimate of drug-likeness (QED) is 0.436. The number of benzene rings is 1. The molecule has 27 heavy (non-hydrogen) atoms. The summed E-state index contributed by atoms with van der Waals surface area (Å²) in [5.41, 5.74) is 1.15. The van der Waals surface area contributed by atoms with E-state index in [2.05, 4.69) is 0 Å². The van der Waals surface area contributed by atoms with Gasteiger partial charge in [0.2, 0.25) is 5.91 Å². The highest BCUT2D eigenvalue weighted by Gasteiger charge is 2.29. The van der Waals surface area contributed by atoms with E-state index in [9.17, 15) is 14.4 Å². The first kappa shape index (κ1) is 21.2. The van der Waals surface area contributed by atoms with Gasteiger partial charge in [-0.1, -0.05) is 43.2 Å². The van der Waals surface area contributed by atoms with Crippen molar-refractivity contribution in [2.24, 2.45) is 0 Å². The molecule has 0 radical (unpaired) electrons. The van der Waals surface area contributed by atoms with E-state index in [0.29, 0.717) is 25.1 Å². The molecule has 1 amide bonds. The van der Waals surface area contributed by atoms with Gasteiger partial charge in [-0.05, 0) is 37.0 Å². The van der Waals surface area contributed by atoms with Crippen LogP contribution in [0, 0.1) is 0 Å². The summed E-state index contributed by atoms with van der Waals surface area (Å²) in [6.45, 7) is 0.659. The number of carboxylic acid groups (broad SMARTS) is 1. The molecule has 1 aromatic rings. The molecule has 0 saturated carbocycles. The number of nitrogens with zero attached hydrogens (tertiary/aromatic N) is 1. The molecule has 1 unspecified atom stereocenters. The number of rotatable bonds is 12. The number of allylic oxidation sites excluding steroid dienone is 1. The summed E-state index contributed by atoms with van der Waals surface area (Å²) in [5.74, 6) is -0.126. The summed E-state index contributed by atoms with van der Waals surface area (Å²) in [5, 5.41) is 8.56. The Bertz CT molecular complexity index is 659. The topological polar surface area (TPSA) is 74.7 Å². The lowest BCUT2D eigenvalue weighted by Gasteiger charge is -2.21. The maximum Gasteiger partial charge on any atom is 0.303 e. The molecule has 5 nitrogen and oxygen atoms in total. The molecule has 1 aliphatic heterocycles. The Morgan fingerprint density at radius 3 is 2.59 bits per heavy atom. The average Bonchev–Trinajstić information content (AvgIpc) is 3.01. The average molecular weight is 390 g/mol. The fraction of sp³-hybridized carbons (Fsp3) is 0.476. The Labute approximate surface area is 164 Å². The number of thioether (sulfide) groups is 1. The standard InChI is InChI=1S/C21H27NO4S/c23-18(12-11-17-8-4-3-5-9-17)13-14-20-22(19(24)16-27-20)15-7-2-1-6-10-21(25)26/h3-5,8-9,13-14,20H,1-2,6-7,10-12,15-16H2,(H,25,26)/b14-13+. The van der Waals surface area contributed by atoms with Crippen LogP contribution in [0.15, 0.2) is 42.5 Å². The summed E-state index contributed by atoms with van der Waals surface area (Å²) in [6.07, 6.45) is 8.15. The molecule has 2 rings (SSSR count). The molecule has 0 bridgehead atoms. The molecular formula is C21H27NO4S. The van der Waals surface area contributed by atoms with Gasteiger partial charge in [0.05, 0.1) is 11.1 Å². The first-order valence-corrected chi connectivity index (χ1v) is 10.5. The van der Waals surface area contributed by atoms with Crippen LogP contribution >= 0.6 is 11.8 Å². The molecule has 1 N–H and O–H groups in total. The van der Waals surface area contributed by atoms with E-state index in [4.69, 9.17) is 5.11 Å². The van der Waals surface area contributed by atoms with E-state index in [1.807, 2.05) is 41.3 Å². The number of unbranched alkanes of at least 4 members (excludes halogenated alkanes) is 3. The van der Waals surface area contributed by atoms with Crippen LogP contribution in [0.5, 0.6) is 0 Å². The number of carbonyl (C=O) groups is 3. The molecule has 6 heteroatoms. The molecule has 0 aliphatic carbocycles. The molecule has 1 atom stereocenters. The van der Waals surface area contributed by atoms with Gasteiger partial charge >= 0.3 is 5.97 Å². The van der Waals surface area contributed by atoms with Crippen molar-refractivity contribution in [3.05, 3.63) is 48.0 Å². The molecular weight excluding hydrogens is 362 g/mol. The molecule has 1 aliphatic rings. The second-order valence-corrected chi connectivity index (χ2v) is 7.76. The molecule has 1 aromatic carbocycles. The van der Waals surface area contributed by atoms with Gasteiger partial charge in [0, 0.05) is 19.4 Å². The number of hydrogen-bond acceptors (Lipinski definition) is 4. The van der Waals surface area contributed by atoms with Crippen molar-refractivity contribution in [2.45, 2.75) is 50.3 Å². The fourth-order valence-electron chi connectivity index (χ4n) is 2.98. The lowest BCUT2D eigenvalue weighted by Crippen LogP contribution is -2.32. The predicted molar refractivity (Wildman–Crippen MR) is 108 cm³/mol. The van der Waals surface area contributed by atoms with Crippen LogP contribution in [-0.4, -0.2) is 45.3 Å². The molecule has 1 saturated heterocycles. The minimum absolute atomic E-state index is 0.0720. The number of aliphatic carboxylic acids is 1. The van der Waals surface area contributed by atoms with E-state index in [1.165, 1.54) is 0 Å². The van der Waals surface area contributed by atoms with Gasteiger partial charge in [-0.25, -0.2) is 0 Å². The number of carbonyl (C=O) groups excluding carboxylic acids is 2. The number of aryl methyl sites for hydroxylation is 1. The van der Waals surface area contributed by atoms with Crippen molar-refractivity contribution in [1.29, 1.82) is 0 Å². The first-order valence-electron chi connectivity index (χ1n) is 9.44. The maximum atomic E-state index is 12.1. The van der Waals surface area contributed by atoms with E-state index in [1.54, 1.807) is 17.8 Å². The van der Waals surface area contributed by atoms with Crippen molar-refractivity contribution in [2.75, 3.05) is 12.3 Å². The van der Waals surface area contributed by atoms with Crippen molar-refractivity contribution < 1.29 is 19.5 Å². The van der Waals surface area contributed by atoms with Gasteiger partial charge in [-0.3, -0.25) is 14.4 Å². The smallest absolute Gasteiger partial charge is 0.303 e. The highest BCUT2D eigenvalue weighted by atomic mass is 32.2. The maximum absolute atomic E-state index is 12.1. The summed E-state index contributed by atoms with van der Waals surface area (Å²) < 4.78 is 0. The van der Waals surface area contributed by atoms with Crippen LogP contribution in [0.1, 0.15) is 44.1 Å².